The number of rotatable bonds is 5. The lowest BCUT2D eigenvalue weighted by Gasteiger charge is -2.11. The minimum atomic E-state index is -0.0306. The highest BCUT2D eigenvalue weighted by atomic mass is 16.1. The standard InChI is InChI=1S/C14H18N4O/c1-11(15)7-8-14(19)17-12-5-2-3-6-13(12)18-10-4-9-16-18/h2-6,9-11H,7-8,15H2,1H3,(H,17,19). The molecule has 5 nitrogen and oxygen atoms in total. The topological polar surface area (TPSA) is 72.9 Å². The van der Waals surface area contributed by atoms with Crippen LogP contribution in [0.5, 0.6) is 0 Å². The fourth-order valence-corrected chi connectivity index (χ4v) is 1.76. The Morgan fingerprint density at radius 2 is 2.21 bits per heavy atom. The van der Waals surface area contributed by atoms with Gasteiger partial charge >= 0.3 is 0 Å². The molecule has 0 radical (unpaired) electrons. The molecule has 1 amide bonds. The van der Waals surface area contributed by atoms with E-state index in [2.05, 4.69) is 10.4 Å². The number of nitrogens with one attached hydrogen (secondary N) is 1. The second kappa shape index (κ2) is 6.15. The highest BCUT2D eigenvalue weighted by molar-refractivity contribution is 5.92. The van der Waals surface area contributed by atoms with Crippen molar-refractivity contribution in [3.8, 4) is 5.69 Å². The monoisotopic (exact) mass is 258 g/mol. The summed E-state index contributed by atoms with van der Waals surface area (Å²) in [6, 6.07) is 9.44. The fraction of sp³-hybridized carbons (Fsp3) is 0.286. The van der Waals surface area contributed by atoms with E-state index in [-0.39, 0.29) is 11.9 Å². The van der Waals surface area contributed by atoms with Gasteiger partial charge in [0.2, 0.25) is 5.91 Å². The van der Waals surface area contributed by atoms with E-state index >= 15 is 0 Å². The van der Waals surface area contributed by atoms with Crippen LogP contribution in [0, 0.1) is 0 Å². The number of para-hydroxylation sites is 2. The first-order valence-corrected chi connectivity index (χ1v) is 6.31. The van der Waals surface area contributed by atoms with Crippen LogP contribution in [-0.4, -0.2) is 21.7 Å². The Kier molecular flexibility index (Phi) is 4.30. The maximum Gasteiger partial charge on any atom is 0.224 e. The SMILES string of the molecule is CC(N)CCC(=O)Nc1ccccc1-n1cccn1. The molecular weight excluding hydrogens is 240 g/mol. The molecule has 2 rings (SSSR count). The zero-order valence-corrected chi connectivity index (χ0v) is 10.9. The third kappa shape index (κ3) is 3.66. The van der Waals surface area contributed by atoms with Crippen molar-refractivity contribution in [2.24, 2.45) is 5.73 Å². The van der Waals surface area contributed by atoms with Crippen molar-refractivity contribution >= 4 is 11.6 Å². The van der Waals surface area contributed by atoms with Crippen molar-refractivity contribution in [2.45, 2.75) is 25.8 Å². The smallest absolute Gasteiger partial charge is 0.224 e. The van der Waals surface area contributed by atoms with E-state index < -0.39 is 0 Å². The van der Waals surface area contributed by atoms with Gasteiger partial charge in [-0.1, -0.05) is 12.1 Å². The van der Waals surface area contributed by atoms with E-state index in [0.29, 0.717) is 12.8 Å². The van der Waals surface area contributed by atoms with Crippen LogP contribution in [0.2, 0.25) is 0 Å². The molecule has 0 saturated carbocycles. The average molecular weight is 258 g/mol. The van der Waals surface area contributed by atoms with Crippen LogP contribution in [0.1, 0.15) is 19.8 Å². The normalized spacial score (nSPS) is 12.1. The molecule has 3 N–H and O–H groups in total. The van der Waals surface area contributed by atoms with Gasteiger partial charge < -0.3 is 11.1 Å². The first-order chi connectivity index (χ1) is 9.16. The van der Waals surface area contributed by atoms with Gasteiger partial charge in [0.15, 0.2) is 0 Å². The lowest BCUT2D eigenvalue weighted by Crippen LogP contribution is -2.20. The predicted octanol–water partition coefficient (Wildman–Crippen LogP) is 1.94. The van der Waals surface area contributed by atoms with E-state index in [0.717, 1.165) is 11.4 Å². The van der Waals surface area contributed by atoms with Gasteiger partial charge in [-0.3, -0.25) is 4.79 Å². The molecule has 1 heterocycles. The van der Waals surface area contributed by atoms with Gasteiger partial charge in [-0.25, -0.2) is 4.68 Å². The Morgan fingerprint density at radius 3 is 2.89 bits per heavy atom. The second-order valence-corrected chi connectivity index (χ2v) is 4.53. The van der Waals surface area contributed by atoms with Crippen molar-refractivity contribution < 1.29 is 4.79 Å². The van der Waals surface area contributed by atoms with Crippen molar-refractivity contribution in [3.63, 3.8) is 0 Å². The van der Waals surface area contributed by atoms with Crippen molar-refractivity contribution in [3.05, 3.63) is 42.7 Å². The number of aromatic nitrogens is 2. The molecule has 0 fully saturated rings. The highest BCUT2D eigenvalue weighted by Gasteiger charge is 2.08. The van der Waals surface area contributed by atoms with E-state index in [1.54, 1.807) is 10.9 Å². The lowest BCUT2D eigenvalue weighted by atomic mass is 10.2. The first kappa shape index (κ1) is 13.3. The number of nitrogens with zero attached hydrogens (tertiary/aromatic N) is 2. The van der Waals surface area contributed by atoms with Gasteiger partial charge in [-0.15, -0.1) is 0 Å². The zero-order valence-electron chi connectivity index (χ0n) is 10.9. The number of amides is 1. The van der Waals surface area contributed by atoms with Crippen LogP contribution in [0.3, 0.4) is 0 Å². The van der Waals surface area contributed by atoms with Crippen molar-refractivity contribution in [1.29, 1.82) is 0 Å². The summed E-state index contributed by atoms with van der Waals surface area (Å²) in [6.45, 7) is 1.89. The molecule has 2 aromatic rings. The summed E-state index contributed by atoms with van der Waals surface area (Å²) in [5.41, 5.74) is 7.25. The first-order valence-electron chi connectivity index (χ1n) is 6.31. The van der Waals surface area contributed by atoms with Gasteiger partial charge in [0, 0.05) is 24.9 Å². The second-order valence-electron chi connectivity index (χ2n) is 4.53. The largest absolute Gasteiger partial charge is 0.328 e. The van der Waals surface area contributed by atoms with Crippen molar-refractivity contribution in [1.82, 2.24) is 9.78 Å². The molecule has 0 aliphatic heterocycles. The fourth-order valence-electron chi connectivity index (χ4n) is 1.76. The molecule has 0 aliphatic rings. The van der Waals surface area contributed by atoms with Crippen LogP contribution in [0.25, 0.3) is 5.69 Å². The number of benzene rings is 1. The Balaban J connectivity index is 2.10. The molecule has 0 saturated heterocycles. The van der Waals surface area contributed by atoms with E-state index in [9.17, 15) is 4.79 Å². The molecule has 100 valence electrons. The molecule has 0 aliphatic carbocycles. The summed E-state index contributed by atoms with van der Waals surface area (Å²) in [5.74, 6) is -0.0306. The molecule has 0 bridgehead atoms. The number of carbonyl (C=O) groups excluding carboxylic acids is 1. The minimum Gasteiger partial charge on any atom is -0.328 e. The van der Waals surface area contributed by atoms with Crippen LogP contribution >= 0.6 is 0 Å². The predicted molar refractivity (Wildman–Crippen MR) is 75.1 cm³/mol. The summed E-state index contributed by atoms with van der Waals surface area (Å²) in [5, 5.41) is 7.07. The van der Waals surface area contributed by atoms with E-state index in [1.807, 2.05) is 43.5 Å². The highest BCUT2D eigenvalue weighted by Crippen LogP contribution is 2.19. The Hall–Kier alpha value is -2.14. The maximum atomic E-state index is 11.8. The summed E-state index contributed by atoms with van der Waals surface area (Å²) < 4.78 is 1.72. The van der Waals surface area contributed by atoms with E-state index in [4.69, 9.17) is 5.73 Å². The van der Waals surface area contributed by atoms with Gasteiger partial charge in [-0.2, -0.15) is 5.10 Å². The summed E-state index contributed by atoms with van der Waals surface area (Å²) in [6.07, 6.45) is 4.64. The van der Waals surface area contributed by atoms with Crippen LogP contribution < -0.4 is 11.1 Å². The van der Waals surface area contributed by atoms with Gasteiger partial charge in [0.25, 0.3) is 0 Å². The Morgan fingerprint density at radius 1 is 1.42 bits per heavy atom. The van der Waals surface area contributed by atoms with Crippen LogP contribution in [0.4, 0.5) is 5.69 Å². The molecule has 0 spiro atoms. The molecule has 1 unspecified atom stereocenters. The minimum absolute atomic E-state index is 0.0306. The summed E-state index contributed by atoms with van der Waals surface area (Å²) in [7, 11) is 0. The molecular formula is C14H18N4O. The number of nitrogens with two attached hydrogens (primary N) is 1. The third-order valence-electron chi connectivity index (χ3n) is 2.76. The molecule has 1 atom stereocenters. The number of anilines is 1. The molecule has 19 heavy (non-hydrogen) atoms. The molecule has 1 aromatic carbocycles. The van der Waals surface area contributed by atoms with Gasteiger partial charge in [-0.05, 0) is 31.5 Å². The Labute approximate surface area is 112 Å². The zero-order chi connectivity index (χ0) is 13.7. The van der Waals surface area contributed by atoms with Gasteiger partial charge in [0.05, 0.1) is 11.4 Å². The van der Waals surface area contributed by atoms with Crippen molar-refractivity contribution in [2.75, 3.05) is 5.32 Å². The third-order valence-corrected chi connectivity index (χ3v) is 2.76. The lowest BCUT2D eigenvalue weighted by molar-refractivity contribution is -0.116. The number of hydrogen-bond acceptors (Lipinski definition) is 3. The average Bonchev–Trinajstić information content (AvgIpc) is 2.91. The summed E-state index contributed by atoms with van der Waals surface area (Å²) >= 11 is 0. The maximum absolute atomic E-state index is 11.8. The number of carbonyl (C=O) groups is 1. The van der Waals surface area contributed by atoms with Crippen LogP contribution in [0.15, 0.2) is 42.7 Å². The summed E-state index contributed by atoms with van der Waals surface area (Å²) in [4.78, 5) is 11.8. The van der Waals surface area contributed by atoms with Crippen LogP contribution in [-0.2, 0) is 4.79 Å². The number of hydrogen-bond donors (Lipinski definition) is 2. The van der Waals surface area contributed by atoms with Gasteiger partial charge in [0.1, 0.15) is 0 Å². The molecule has 5 heteroatoms. The quantitative estimate of drug-likeness (QED) is 0.860. The molecule has 1 aromatic heterocycles. The Bertz CT molecular complexity index is 534. The van der Waals surface area contributed by atoms with E-state index in [1.165, 1.54) is 0 Å².